The molecule has 1 fully saturated rings. The van der Waals surface area contributed by atoms with Crippen LogP contribution < -0.4 is 0 Å². The molecule has 0 spiro atoms. The van der Waals surface area contributed by atoms with Crippen molar-refractivity contribution in [2.24, 2.45) is 7.05 Å². The molecule has 2 aromatic heterocycles. The molecule has 0 saturated carbocycles. The first-order chi connectivity index (χ1) is 17.5. The zero-order chi connectivity index (χ0) is 25.1. The molecule has 0 radical (unpaired) electrons. The van der Waals surface area contributed by atoms with Gasteiger partial charge in [-0.3, -0.25) is 9.69 Å². The third-order valence-electron chi connectivity index (χ3n) is 5.47. The fourth-order valence-electron chi connectivity index (χ4n) is 3.65. The third kappa shape index (κ3) is 5.32. The number of carbonyl (C=O) groups excluding carboxylic acids is 2. The van der Waals surface area contributed by atoms with Gasteiger partial charge < -0.3 is 13.7 Å². The highest BCUT2D eigenvalue weighted by molar-refractivity contribution is 8.26. The molecule has 0 bridgehead atoms. The van der Waals surface area contributed by atoms with E-state index in [9.17, 15) is 9.59 Å². The van der Waals surface area contributed by atoms with E-state index in [1.807, 2.05) is 43.4 Å². The van der Waals surface area contributed by atoms with Gasteiger partial charge in [-0.05, 0) is 29.8 Å². The topological polar surface area (TPSA) is 77.6 Å². The number of benzene rings is 2. The number of ether oxygens (including phenoxy) is 1. The molecule has 1 aliphatic heterocycles. The summed E-state index contributed by atoms with van der Waals surface area (Å²) in [6.07, 6.45) is 5.16. The highest BCUT2D eigenvalue weighted by Gasteiger charge is 2.32. The highest BCUT2D eigenvalue weighted by Crippen LogP contribution is 2.34. The summed E-state index contributed by atoms with van der Waals surface area (Å²) in [5.41, 5.74) is 2.93. The number of amides is 1. The molecule has 1 aliphatic rings. The normalized spacial score (nSPS) is 14.6. The van der Waals surface area contributed by atoms with Crippen LogP contribution in [0.25, 0.3) is 17.4 Å². The molecule has 7 nitrogen and oxygen atoms in total. The Balaban J connectivity index is 1.23. The summed E-state index contributed by atoms with van der Waals surface area (Å²) in [5, 5.41) is 0. The summed E-state index contributed by atoms with van der Waals surface area (Å²) in [4.78, 5) is 31.5. The number of imidazole rings is 1. The summed E-state index contributed by atoms with van der Waals surface area (Å²) in [6.45, 7) is 0.545. The van der Waals surface area contributed by atoms with Gasteiger partial charge in [0.2, 0.25) is 0 Å². The Morgan fingerprint density at radius 2 is 1.89 bits per heavy atom. The van der Waals surface area contributed by atoms with Gasteiger partial charge in [0.05, 0.1) is 29.0 Å². The lowest BCUT2D eigenvalue weighted by Gasteiger charge is -2.14. The monoisotopic (exact) mass is 515 g/mol. The Hall–Kier alpha value is -3.95. The quantitative estimate of drug-likeness (QED) is 0.184. The van der Waals surface area contributed by atoms with Crippen molar-refractivity contribution in [3.05, 3.63) is 107 Å². The number of hydrogen-bond donors (Lipinski definition) is 0. The number of aryl methyl sites for hydroxylation is 1. The average molecular weight is 516 g/mol. The summed E-state index contributed by atoms with van der Waals surface area (Å²) in [5.74, 6) is 0.601. The van der Waals surface area contributed by atoms with Crippen LogP contribution in [0, 0.1) is 0 Å². The highest BCUT2D eigenvalue weighted by atomic mass is 32.2. The maximum Gasteiger partial charge on any atom is 0.338 e. The fourth-order valence-corrected chi connectivity index (χ4v) is 4.89. The average Bonchev–Trinajstić information content (AvgIpc) is 3.60. The Bertz CT molecular complexity index is 1460. The van der Waals surface area contributed by atoms with Crippen molar-refractivity contribution in [3.8, 4) is 11.3 Å². The van der Waals surface area contributed by atoms with Crippen LogP contribution in [-0.2, 0) is 29.7 Å². The van der Waals surface area contributed by atoms with Crippen molar-refractivity contribution in [1.82, 2.24) is 14.5 Å². The van der Waals surface area contributed by atoms with Gasteiger partial charge in [0.15, 0.2) is 0 Å². The second-order valence-electron chi connectivity index (χ2n) is 8.14. The summed E-state index contributed by atoms with van der Waals surface area (Å²) in [7, 11) is 1.85. The van der Waals surface area contributed by atoms with Gasteiger partial charge in [-0.1, -0.05) is 66.4 Å². The van der Waals surface area contributed by atoms with Gasteiger partial charge in [-0.15, -0.1) is 0 Å². The van der Waals surface area contributed by atoms with Gasteiger partial charge in [-0.2, -0.15) is 0 Å². The molecule has 4 aromatic rings. The predicted octanol–water partition coefficient (Wildman–Crippen LogP) is 5.44. The van der Waals surface area contributed by atoms with Crippen molar-refractivity contribution in [1.29, 1.82) is 0 Å². The van der Waals surface area contributed by atoms with E-state index in [0.717, 1.165) is 11.1 Å². The molecule has 5 rings (SSSR count). The molecule has 36 heavy (non-hydrogen) atoms. The van der Waals surface area contributed by atoms with Crippen LogP contribution in [0.1, 0.15) is 27.4 Å². The predicted molar refractivity (Wildman–Crippen MR) is 142 cm³/mol. The molecule has 1 saturated heterocycles. The Labute approximate surface area is 217 Å². The number of thiocarbonyl (C=S) groups is 1. The minimum Gasteiger partial charge on any atom is -0.457 e. The second kappa shape index (κ2) is 10.3. The molecule has 3 heterocycles. The zero-order valence-corrected chi connectivity index (χ0v) is 20.9. The van der Waals surface area contributed by atoms with E-state index in [1.54, 1.807) is 58.4 Å². The number of esters is 1. The molecule has 9 heteroatoms. The summed E-state index contributed by atoms with van der Waals surface area (Å²) in [6, 6.07) is 20.3. The van der Waals surface area contributed by atoms with Crippen molar-refractivity contribution >= 4 is 46.3 Å². The van der Waals surface area contributed by atoms with Crippen LogP contribution in [0.3, 0.4) is 0 Å². The van der Waals surface area contributed by atoms with E-state index in [1.165, 1.54) is 11.8 Å². The van der Waals surface area contributed by atoms with Crippen LogP contribution in [0.15, 0.2) is 88.6 Å². The minimum atomic E-state index is -0.426. The van der Waals surface area contributed by atoms with E-state index in [-0.39, 0.29) is 12.5 Å². The Kier molecular flexibility index (Phi) is 6.84. The first-order valence-corrected chi connectivity index (χ1v) is 12.3. The first-order valence-electron chi connectivity index (χ1n) is 11.1. The zero-order valence-electron chi connectivity index (χ0n) is 19.3. The van der Waals surface area contributed by atoms with Gasteiger partial charge in [-0.25, -0.2) is 9.78 Å². The van der Waals surface area contributed by atoms with Gasteiger partial charge in [0.25, 0.3) is 5.91 Å². The van der Waals surface area contributed by atoms with E-state index in [0.29, 0.717) is 38.5 Å². The SMILES string of the molecule is Cn1cnc(COC(=O)c2ccc(-c3ccc(/C=C4/SC(=S)N(Cc5ccccc5)C4=O)o3)cc2)c1. The van der Waals surface area contributed by atoms with Crippen molar-refractivity contribution < 1.29 is 18.7 Å². The lowest BCUT2D eigenvalue weighted by Crippen LogP contribution is -2.27. The van der Waals surface area contributed by atoms with E-state index in [4.69, 9.17) is 21.4 Å². The maximum atomic E-state index is 12.9. The molecule has 0 aliphatic carbocycles. The summed E-state index contributed by atoms with van der Waals surface area (Å²) < 4.78 is 13.6. The van der Waals surface area contributed by atoms with Crippen LogP contribution in [-0.4, -0.2) is 30.6 Å². The molecule has 0 N–H and O–H groups in total. The maximum absolute atomic E-state index is 12.9. The molecule has 0 unspecified atom stereocenters. The number of aromatic nitrogens is 2. The Morgan fingerprint density at radius 1 is 1.11 bits per heavy atom. The van der Waals surface area contributed by atoms with E-state index in [2.05, 4.69) is 4.98 Å². The third-order valence-corrected chi connectivity index (χ3v) is 6.85. The number of rotatable bonds is 7. The van der Waals surface area contributed by atoms with Gasteiger partial charge >= 0.3 is 5.97 Å². The number of hydrogen-bond acceptors (Lipinski definition) is 7. The number of furan rings is 1. The standard InChI is InChI=1S/C27H21N3O4S2/c1-29-15-21(28-17-29)16-33-26(32)20-9-7-19(8-10-20)23-12-11-22(34-23)13-24-25(31)30(27(35)36-24)14-18-5-3-2-4-6-18/h2-13,15,17H,14,16H2,1H3/b24-13+. The van der Waals surface area contributed by atoms with Crippen LogP contribution in [0.4, 0.5) is 0 Å². The second-order valence-corrected chi connectivity index (χ2v) is 9.82. The van der Waals surface area contributed by atoms with Crippen molar-refractivity contribution in [2.75, 3.05) is 0 Å². The summed E-state index contributed by atoms with van der Waals surface area (Å²) >= 11 is 6.69. The number of thioether (sulfide) groups is 1. The van der Waals surface area contributed by atoms with Crippen LogP contribution >= 0.6 is 24.0 Å². The van der Waals surface area contributed by atoms with Crippen LogP contribution in [0.2, 0.25) is 0 Å². The number of carbonyl (C=O) groups is 2. The lowest BCUT2D eigenvalue weighted by atomic mass is 10.1. The molecule has 180 valence electrons. The number of nitrogens with zero attached hydrogens (tertiary/aromatic N) is 3. The largest absolute Gasteiger partial charge is 0.457 e. The minimum absolute atomic E-state index is 0.112. The van der Waals surface area contributed by atoms with Crippen molar-refractivity contribution in [2.45, 2.75) is 13.2 Å². The molecule has 2 aromatic carbocycles. The van der Waals surface area contributed by atoms with Gasteiger partial charge in [0.1, 0.15) is 22.4 Å². The smallest absolute Gasteiger partial charge is 0.338 e. The van der Waals surface area contributed by atoms with Crippen molar-refractivity contribution in [3.63, 3.8) is 0 Å². The van der Waals surface area contributed by atoms with E-state index >= 15 is 0 Å². The fraction of sp³-hybridized carbons (Fsp3) is 0.111. The lowest BCUT2D eigenvalue weighted by molar-refractivity contribution is -0.122. The molecular weight excluding hydrogens is 494 g/mol. The molecule has 1 amide bonds. The van der Waals surface area contributed by atoms with Gasteiger partial charge in [0, 0.05) is 24.9 Å². The molecule has 0 atom stereocenters. The van der Waals surface area contributed by atoms with E-state index < -0.39 is 5.97 Å². The Morgan fingerprint density at radius 3 is 2.61 bits per heavy atom. The molecular formula is C27H21N3O4S2. The van der Waals surface area contributed by atoms with Crippen LogP contribution in [0.5, 0.6) is 0 Å². The first kappa shape index (κ1) is 23.8.